The van der Waals surface area contributed by atoms with Gasteiger partial charge in [-0.05, 0) is 30.3 Å². The van der Waals surface area contributed by atoms with Crippen LogP contribution in [0, 0.1) is 21.4 Å². The van der Waals surface area contributed by atoms with E-state index in [1.807, 2.05) is 6.07 Å². The summed E-state index contributed by atoms with van der Waals surface area (Å²) in [7, 11) is 0. The van der Waals surface area contributed by atoms with Gasteiger partial charge in [-0.2, -0.15) is 18.4 Å². The van der Waals surface area contributed by atoms with Crippen LogP contribution in [0.4, 0.5) is 24.5 Å². The van der Waals surface area contributed by atoms with Crippen molar-refractivity contribution < 1.29 is 18.1 Å². The second-order valence-electron chi connectivity index (χ2n) is 5.84. The number of rotatable bonds is 5. The van der Waals surface area contributed by atoms with E-state index in [-0.39, 0.29) is 27.0 Å². The van der Waals surface area contributed by atoms with Crippen LogP contribution in [0.15, 0.2) is 54.0 Å². The van der Waals surface area contributed by atoms with Crippen LogP contribution in [-0.4, -0.2) is 9.91 Å². The topological polar surface area (TPSA) is 91.8 Å². The molecule has 0 bridgehead atoms. The van der Waals surface area contributed by atoms with Gasteiger partial charge in [-0.3, -0.25) is 10.1 Å². The van der Waals surface area contributed by atoms with E-state index in [1.54, 1.807) is 5.38 Å². The quantitative estimate of drug-likeness (QED) is 0.277. The molecule has 30 heavy (non-hydrogen) atoms. The smallest absolute Gasteiger partial charge is 0.360 e. The fourth-order valence-electron chi connectivity index (χ4n) is 2.45. The summed E-state index contributed by atoms with van der Waals surface area (Å²) in [5.41, 5.74) is -0.185. The van der Waals surface area contributed by atoms with Crippen molar-refractivity contribution in [2.45, 2.75) is 6.18 Å². The summed E-state index contributed by atoms with van der Waals surface area (Å²) in [4.78, 5) is 14.5. The molecule has 3 rings (SSSR count). The Labute approximate surface area is 177 Å². The maximum absolute atomic E-state index is 13.2. The second-order valence-corrected chi connectivity index (χ2v) is 7.14. The van der Waals surface area contributed by atoms with E-state index in [1.165, 1.54) is 36.4 Å². The van der Waals surface area contributed by atoms with Gasteiger partial charge in [0, 0.05) is 34.3 Å². The molecule has 1 aromatic heterocycles. The monoisotopic (exact) mass is 450 g/mol. The minimum absolute atomic E-state index is 0.0243. The lowest BCUT2D eigenvalue weighted by atomic mass is 10.1. The highest BCUT2D eigenvalue weighted by molar-refractivity contribution is 7.11. The number of halogens is 4. The van der Waals surface area contributed by atoms with Crippen LogP contribution in [0.2, 0.25) is 5.02 Å². The number of allylic oxidation sites excluding steroid dienone is 1. The normalized spacial score (nSPS) is 11.8. The average molecular weight is 451 g/mol. The van der Waals surface area contributed by atoms with E-state index in [0.717, 1.165) is 23.6 Å². The molecule has 0 aliphatic rings. The average Bonchev–Trinajstić information content (AvgIpc) is 3.18. The number of nitro benzene ring substituents is 1. The summed E-state index contributed by atoms with van der Waals surface area (Å²) in [5, 5.41) is 24.5. The molecule has 11 heteroatoms. The highest BCUT2D eigenvalue weighted by atomic mass is 35.5. The number of nitrogens with one attached hydrogen (secondary N) is 1. The Morgan fingerprint density at radius 1 is 1.27 bits per heavy atom. The highest BCUT2D eigenvalue weighted by Crippen LogP contribution is 2.37. The molecule has 0 amide bonds. The third-order valence-electron chi connectivity index (χ3n) is 3.89. The van der Waals surface area contributed by atoms with Crippen molar-refractivity contribution in [3.63, 3.8) is 0 Å². The predicted molar refractivity (Wildman–Crippen MR) is 108 cm³/mol. The Hall–Kier alpha value is -3.42. The van der Waals surface area contributed by atoms with E-state index in [4.69, 9.17) is 11.6 Å². The van der Waals surface area contributed by atoms with Crippen molar-refractivity contribution in [2.24, 2.45) is 0 Å². The molecule has 0 aliphatic carbocycles. The van der Waals surface area contributed by atoms with Crippen LogP contribution in [0.3, 0.4) is 0 Å². The lowest BCUT2D eigenvalue weighted by Crippen LogP contribution is -2.08. The highest BCUT2D eigenvalue weighted by Gasteiger charge is 2.33. The van der Waals surface area contributed by atoms with Crippen LogP contribution in [0.25, 0.3) is 16.8 Å². The summed E-state index contributed by atoms with van der Waals surface area (Å²) in [6.45, 7) is 0. The molecule has 0 radical (unpaired) electrons. The molecule has 0 aliphatic heterocycles. The fourth-order valence-corrected chi connectivity index (χ4v) is 3.42. The largest absolute Gasteiger partial charge is 0.418 e. The van der Waals surface area contributed by atoms with Gasteiger partial charge in [0.15, 0.2) is 0 Å². The Kier molecular flexibility index (Phi) is 6.05. The number of nitro groups is 1. The van der Waals surface area contributed by atoms with E-state index in [2.05, 4.69) is 10.3 Å². The first-order valence-corrected chi connectivity index (χ1v) is 9.39. The van der Waals surface area contributed by atoms with Gasteiger partial charge in [0.1, 0.15) is 16.6 Å². The van der Waals surface area contributed by atoms with Crippen molar-refractivity contribution >= 4 is 39.9 Å². The Morgan fingerprint density at radius 2 is 1.97 bits per heavy atom. The van der Waals surface area contributed by atoms with Crippen molar-refractivity contribution in [3.8, 4) is 17.3 Å². The van der Waals surface area contributed by atoms with Gasteiger partial charge >= 0.3 is 6.18 Å². The number of benzene rings is 2. The lowest BCUT2D eigenvalue weighted by molar-refractivity contribution is -0.384. The second kappa shape index (κ2) is 8.52. The molecular formula is C19H10ClF3N4O2S. The molecule has 2 aromatic carbocycles. The number of non-ortho nitro benzene ring substituents is 1. The van der Waals surface area contributed by atoms with Crippen LogP contribution in [0.1, 0.15) is 10.6 Å². The molecule has 0 saturated carbocycles. The zero-order valence-corrected chi connectivity index (χ0v) is 16.3. The minimum atomic E-state index is -4.63. The minimum Gasteiger partial charge on any atom is -0.360 e. The van der Waals surface area contributed by atoms with Crippen molar-refractivity contribution in [1.82, 2.24) is 4.98 Å². The van der Waals surface area contributed by atoms with Gasteiger partial charge in [0.25, 0.3) is 5.69 Å². The maximum atomic E-state index is 13.2. The first-order valence-electron chi connectivity index (χ1n) is 8.13. The molecule has 152 valence electrons. The van der Waals surface area contributed by atoms with Crippen molar-refractivity contribution in [2.75, 3.05) is 5.32 Å². The van der Waals surface area contributed by atoms with Crippen molar-refractivity contribution in [3.05, 3.63) is 79.8 Å². The van der Waals surface area contributed by atoms with Gasteiger partial charge < -0.3 is 5.32 Å². The molecular weight excluding hydrogens is 441 g/mol. The van der Waals surface area contributed by atoms with Gasteiger partial charge in [0.05, 0.1) is 21.9 Å². The number of hydrogen-bond donors (Lipinski definition) is 1. The SMILES string of the molecule is N#C/C(=C\Nc1ccc(Cl)cc1C(F)(F)F)c1nc(-c2ccc([N+](=O)[O-])cc2)cs1. The third kappa shape index (κ3) is 4.76. The number of hydrogen-bond acceptors (Lipinski definition) is 6. The third-order valence-corrected chi connectivity index (χ3v) is 5.00. The molecule has 3 aromatic rings. The molecule has 0 atom stereocenters. The van der Waals surface area contributed by atoms with Gasteiger partial charge in [0.2, 0.25) is 0 Å². The zero-order chi connectivity index (χ0) is 21.9. The van der Waals surface area contributed by atoms with Gasteiger partial charge in [-0.15, -0.1) is 11.3 Å². The molecule has 0 saturated heterocycles. The van der Waals surface area contributed by atoms with Crippen LogP contribution in [-0.2, 0) is 6.18 Å². The number of nitrogens with zero attached hydrogens (tertiary/aromatic N) is 3. The zero-order valence-electron chi connectivity index (χ0n) is 14.8. The first kappa shape index (κ1) is 21.3. The van der Waals surface area contributed by atoms with Gasteiger partial charge in [-0.1, -0.05) is 11.6 Å². The van der Waals surface area contributed by atoms with E-state index < -0.39 is 16.7 Å². The number of aromatic nitrogens is 1. The summed E-state index contributed by atoms with van der Waals surface area (Å²) >= 11 is 6.77. The summed E-state index contributed by atoms with van der Waals surface area (Å²) < 4.78 is 39.6. The predicted octanol–water partition coefficient (Wildman–Crippen LogP) is 6.37. The fraction of sp³-hybridized carbons (Fsp3) is 0.0526. The molecule has 0 unspecified atom stereocenters. The van der Waals surface area contributed by atoms with Gasteiger partial charge in [-0.25, -0.2) is 4.98 Å². The van der Waals surface area contributed by atoms with E-state index >= 15 is 0 Å². The van der Waals surface area contributed by atoms with E-state index in [9.17, 15) is 28.5 Å². The molecule has 0 spiro atoms. The molecule has 0 fully saturated rings. The molecule has 1 N–H and O–H groups in total. The number of thiazole rings is 1. The van der Waals surface area contributed by atoms with Crippen LogP contribution >= 0.6 is 22.9 Å². The Bertz CT molecular complexity index is 1170. The Morgan fingerprint density at radius 3 is 2.57 bits per heavy atom. The van der Waals surface area contributed by atoms with Crippen LogP contribution < -0.4 is 5.32 Å². The molecule has 1 heterocycles. The standard InChI is InChI=1S/C19H10ClF3N4O2S/c20-13-3-6-16(15(7-13)19(21,22)23)25-9-12(8-24)18-26-17(10-30-18)11-1-4-14(5-2-11)27(28)29/h1-7,9-10,25H/b12-9+. The number of anilines is 1. The summed E-state index contributed by atoms with van der Waals surface area (Å²) in [6.07, 6.45) is -3.49. The van der Waals surface area contributed by atoms with Crippen molar-refractivity contribution in [1.29, 1.82) is 5.26 Å². The van der Waals surface area contributed by atoms with Crippen LogP contribution in [0.5, 0.6) is 0 Å². The summed E-state index contributed by atoms with van der Waals surface area (Å²) in [6, 6.07) is 10.9. The number of alkyl halides is 3. The van der Waals surface area contributed by atoms with E-state index in [0.29, 0.717) is 11.3 Å². The number of nitriles is 1. The first-order chi connectivity index (χ1) is 14.2. The lowest BCUT2D eigenvalue weighted by Gasteiger charge is -2.13. The Balaban J connectivity index is 1.87. The summed E-state index contributed by atoms with van der Waals surface area (Å²) in [5.74, 6) is 0. The molecule has 6 nitrogen and oxygen atoms in total. The maximum Gasteiger partial charge on any atom is 0.418 e.